The monoisotopic (exact) mass is 338 g/mol. The van der Waals surface area contributed by atoms with E-state index in [1.165, 1.54) is 12.1 Å². The zero-order valence-corrected chi connectivity index (χ0v) is 13.3. The van der Waals surface area contributed by atoms with Gasteiger partial charge < -0.3 is 10.6 Å². The van der Waals surface area contributed by atoms with Crippen LogP contribution in [0.5, 0.6) is 0 Å². The van der Waals surface area contributed by atoms with E-state index in [1.54, 1.807) is 30.5 Å². The molecule has 2 N–H and O–H groups in total. The van der Waals surface area contributed by atoms with Gasteiger partial charge in [0.15, 0.2) is 0 Å². The Morgan fingerprint density at radius 1 is 1.09 bits per heavy atom. The van der Waals surface area contributed by atoms with Crippen molar-refractivity contribution in [3.05, 3.63) is 59.7 Å². The lowest BCUT2D eigenvalue weighted by molar-refractivity contribution is 0.252. The van der Waals surface area contributed by atoms with Crippen LogP contribution in [0.2, 0.25) is 0 Å². The second kappa shape index (κ2) is 7.82. The van der Waals surface area contributed by atoms with Crippen LogP contribution in [-0.4, -0.2) is 23.0 Å². The van der Waals surface area contributed by atoms with Crippen LogP contribution in [0.1, 0.15) is 5.56 Å². The number of carbonyl (C=O) groups is 1. The number of rotatable bonds is 5. The van der Waals surface area contributed by atoms with E-state index in [0.29, 0.717) is 22.6 Å². The molecule has 0 aliphatic heterocycles. The second-order valence-corrected chi connectivity index (χ2v) is 6.27. The molecule has 0 aliphatic carbocycles. The van der Waals surface area contributed by atoms with Crippen LogP contribution in [0.15, 0.2) is 47.4 Å². The molecule has 1 atom stereocenters. The predicted octanol–water partition coefficient (Wildman–Crippen LogP) is 3.07. The van der Waals surface area contributed by atoms with Gasteiger partial charge in [0.25, 0.3) is 0 Å². The molecule has 0 fully saturated rings. The topological polar surface area (TPSA) is 58.2 Å². The largest absolute Gasteiger partial charge is 0.338 e. The van der Waals surface area contributed by atoms with Crippen LogP contribution in [0.25, 0.3) is 0 Å². The molecular formula is C16H16F2N2O2S. The third-order valence-corrected chi connectivity index (χ3v) is 4.00. The lowest BCUT2D eigenvalue weighted by Gasteiger charge is -2.08. The molecule has 0 unspecified atom stereocenters. The first kappa shape index (κ1) is 17.1. The van der Waals surface area contributed by atoms with Gasteiger partial charge in [0.2, 0.25) is 0 Å². The molecule has 2 amide bonds. The van der Waals surface area contributed by atoms with E-state index < -0.39 is 28.5 Å². The van der Waals surface area contributed by atoms with E-state index in [-0.39, 0.29) is 6.54 Å². The summed E-state index contributed by atoms with van der Waals surface area (Å²) >= 11 is 0. The molecule has 0 saturated carbocycles. The molecule has 0 bridgehead atoms. The molecular weight excluding hydrogens is 322 g/mol. The number of urea groups is 1. The summed E-state index contributed by atoms with van der Waals surface area (Å²) in [5, 5.41) is 5.22. The lowest BCUT2D eigenvalue weighted by Crippen LogP contribution is -2.30. The van der Waals surface area contributed by atoms with E-state index in [1.807, 2.05) is 0 Å². The molecule has 0 radical (unpaired) electrons. The van der Waals surface area contributed by atoms with Crippen molar-refractivity contribution in [2.75, 3.05) is 18.1 Å². The third-order valence-electron chi connectivity index (χ3n) is 3.07. The van der Waals surface area contributed by atoms with E-state index in [9.17, 15) is 17.8 Å². The standard InChI is InChI=1S/C16H16F2N2O2S/c1-23(22)15-4-2-14(3-5-15)20-16(21)19-7-6-11-8-12(17)10-13(18)9-11/h2-5,8-10H,6-7H2,1H3,(H2,19,20,21)/t23-/m0/s1. The number of amides is 2. The number of hydrogen-bond acceptors (Lipinski definition) is 2. The van der Waals surface area contributed by atoms with Crippen LogP contribution in [0.3, 0.4) is 0 Å². The summed E-state index contributed by atoms with van der Waals surface area (Å²) in [6, 6.07) is 9.47. The predicted molar refractivity (Wildman–Crippen MR) is 85.9 cm³/mol. The molecule has 2 aromatic carbocycles. The average molecular weight is 338 g/mol. The lowest BCUT2D eigenvalue weighted by atomic mass is 10.1. The van der Waals surface area contributed by atoms with Crippen molar-refractivity contribution in [1.82, 2.24) is 5.32 Å². The molecule has 7 heteroatoms. The Bertz CT molecular complexity index is 700. The normalized spacial score (nSPS) is 11.8. The zero-order chi connectivity index (χ0) is 16.8. The number of anilines is 1. The van der Waals surface area contributed by atoms with Crippen molar-refractivity contribution in [3.8, 4) is 0 Å². The fraction of sp³-hybridized carbons (Fsp3) is 0.188. The van der Waals surface area contributed by atoms with Gasteiger partial charge in [0.05, 0.1) is 0 Å². The average Bonchev–Trinajstić information content (AvgIpc) is 2.46. The van der Waals surface area contributed by atoms with Gasteiger partial charge in [-0.3, -0.25) is 4.21 Å². The summed E-state index contributed by atoms with van der Waals surface area (Å²) in [5.41, 5.74) is 1.03. The van der Waals surface area contributed by atoms with Gasteiger partial charge in [-0.05, 0) is 48.4 Å². The Hall–Kier alpha value is -2.28. The minimum absolute atomic E-state index is 0.242. The Kier molecular flexibility index (Phi) is 5.81. The van der Waals surface area contributed by atoms with Crippen molar-refractivity contribution in [1.29, 1.82) is 0 Å². The summed E-state index contributed by atoms with van der Waals surface area (Å²) in [4.78, 5) is 12.4. The maximum absolute atomic E-state index is 13.0. The van der Waals surface area contributed by atoms with Gasteiger partial charge in [-0.15, -0.1) is 0 Å². The van der Waals surface area contributed by atoms with Crippen molar-refractivity contribution >= 4 is 22.5 Å². The van der Waals surface area contributed by atoms with Crippen LogP contribution in [-0.2, 0) is 17.2 Å². The Morgan fingerprint density at radius 3 is 2.26 bits per heavy atom. The SMILES string of the molecule is C[S@](=O)c1ccc(NC(=O)NCCc2cc(F)cc(F)c2)cc1. The molecule has 0 heterocycles. The van der Waals surface area contributed by atoms with Gasteiger partial charge in [-0.25, -0.2) is 13.6 Å². The minimum Gasteiger partial charge on any atom is -0.338 e. The molecule has 4 nitrogen and oxygen atoms in total. The van der Waals surface area contributed by atoms with Crippen molar-refractivity contribution < 1.29 is 17.8 Å². The maximum Gasteiger partial charge on any atom is 0.319 e. The number of benzene rings is 2. The first-order valence-electron chi connectivity index (χ1n) is 6.87. The Balaban J connectivity index is 1.81. The smallest absolute Gasteiger partial charge is 0.319 e. The highest BCUT2D eigenvalue weighted by atomic mass is 32.2. The summed E-state index contributed by atoms with van der Waals surface area (Å²) in [6.07, 6.45) is 1.89. The quantitative estimate of drug-likeness (QED) is 0.880. The van der Waals surface area contributed by atoms with Gasteiger partial charge in [-0.2, -0.15) is 0 Å². The summed E-state index contributed by atoms with van der Waals surface area (Å²) in [7, 11) is -1.07. The van der Waals surface area contributed by atoms with Crippen LogP contribution >= 0.6 is 0 Å². The molecule has 2 rings (SSSR count). The van der Waals surface area contributed by atoms with E-state index in [4.69, 9.17) is 0 Å². The molecule has 0 aromatic heterocycles. The molecule has 0 saturated heterocycles. The molecule has 2 aromatic rings. The molecule has 0 spiro atoms. The fourth-order valence-electron chi connectivity index (χ4n) is 1.98. The van der Waals surface area contributed by atoms with Gasteiger partial charge in [0.1, 0.15) is 11.6 Å². The number of hydrogen-bond donors (Lipinski definition) is 2. The first-order chi connectivity index (χ1) is 10.9. The second-order valence-electron chi connectivity index (χ2n) is 4.89. The van der Waals surface area contributed by atoms with Crippen molar-refractivity contribution in [2.24, 2.45) is 0 Å². The summed E-state index contributed by atoms with van der Waals surface area (Å²) in [6.45, 7) is 0.242. The first-order valence-corrected chi connectivity index (χ1v) is 8.43. The highest BCUT2D eigenvalue weighted by Crippen LogP contribution is 2.12. The maximum atomic E-state index is 13.0. The van der Waals surface area contributed by atoms with Crippen LogP contribution in [0, 0.1) is 11.6 Å². The third kappa shape index (κ3) is 5.45. The highest BCUT2D eigenvalue weighted by molar-refractivity contribution is 7.84. The summed E-state index contributed by atoms with van der Waals surface area (Å²) in [5.74, 6) is -1.28. The van der Waals surface area contributed by atoms with E-state index in [2.05, 4.69) is 10.6 Å². The molecule has 0 aliphatic rings. The van der Waals surface area contributed by atoms with Gasteiger partial charge >= 0.3 is 6.03 Å². The Labute approximate surface area is 135 Å². The van der Waals surface area contributed by atoms with E-state index in [0.717, 1.165) is 6.07 Å². The summed E-state index contributed by atoms with van der Waals surface area (Å²) < 4.78 is 37.3. The molecule has 122 valence electrons. The van der Waals surface area contributed by atoms with Crippen LogP contribution < -0.4 is 10.6 Å². The zero-order valence-electron chi connectivity index (χ0n) is 12.4. The number of halogens is 2. The van der Waals surface area contributed by atoms with Crippen LogP contribution in [0.4, 0.5) is 19.3 Å². The van der Waals surface area contributed by atoms with Crippen molar-refractivity contribution in [3.63, 3.8) is 0 Å². The van der Waals surface area contributed by atoms with E-state index >= 15 is 0 Å². The fourth-order valence-corrected chi connectivity index (χ4v) is 2.50. The van der Waals surface area contributed by atoms with Gasteiger partial charge in [-0.1, -0.05) is 0 Å². The van der Waals surface area contributed by atoms with Crippen molar-refractivity contribution in [2.45, 2.75) is 11.3 Å². The number of nitrogens with one attached hydrogen (secondary N) is 2. The molecule has 23 heavy (non-hydrogen) atoms. The number of carbonyl (C=O) groups excluding carboxylic acids is 1. The Morgan fingerprint density at radius 2 is 1.70 bits per heavy atom. The minimum atomic E-state index is -1.07. The van der Waals surface area contributed by atoms with Gasteiger partial charge in [0, 0.05) is 40.2 Å². The highest BCUT2D eigenvalue weighted by Gasteiger charge is 2.04.